The van der Waals surface area contributed by atoms with Crippen LogP contribution in [0.5, 0.6) is 0 Å². The molecule has 1 atom stereocenters. The fourth-order valence-corrected chi connectivity index (χ4v) is 1.59. The predicted molar refractivity (Wildman–Crippen MR) is 46.8 cm³/mol. The number of hydrogen-bond donors (Lipinski definition) is 2. The summed E-state index contributed by atoms with van der Waals surface area (Å²) in [6.07, 6.45) is 3.31. The van der Waals surface area contributed by atoms with Crippen molar-refractivity contribution in [3.63, 3.8) is 0 Å². The number of carbonyl (C=O) groups excluding carboxylic acids is 1. The third kappa shape index (κ3) is 1.61. The van der Waals surface area contributed by atoms with Crippen molar-refractivity contribution in [2.75, 3.05) is 13.1 Å². The molecule has 0 unspecified atom stereocenters. The molecule has 2 aliphatic rings. The molecule has 2 fully saturated rings. The summed E-state index contributed by atoms with van der Waals surface area (Å²) in [4.78, 5) is 11.5. The highest BCUT2D eigenvalue weighted by Gasteiger charge is 2.40. The van der Waals surface area contributed by atoms with Crippen molar-refractivity contribution >= 4 is 5.91 Å². The van der Waals surface area contributed by atoms with Crippen LogP contribution in [-0.4, -0.2) is 24.5 Å². The molecule has 0 aromatic carbocycles. The van der Waals surface area contributed by atoms with Gasteiger partial charge in [-0.15, -0.1) is 0 Å². The van der Waals surface area contributed by atoms with E-state index in [2.05, 4.69) is 17.6 Å². The van der Waals surface area contributed by atoms with Gasteiger partial charge in [-0.2, -0.15) is 0 Å². The van der Waals surface area contributed by atoms with Crippen LogP contribution in [0.4, 0.5) is 0 Å². The Labute approximate surface area is 72.9 Å². The molecule has 0 aromatic rings. The molecule has 0 spiro atoms. The normalized spacial score (nSPS) is 31.6. The monoisotopic (exact) mass is 168 g/mol. The van der Waals surface area contributed by atoms with Crippen molar-refractivity contribution in [1.29, 1.82) is 0 Å². The quantitative estimate of drug-likeness (QED) is 0.621. The summed E-state index contributed by atoms with van der Waals surface area (Å²) in [6, 6.07) is 0. The Balaban J connectivity index is 1.83. The SMILES string of the molecule is CC1(NC(=O)[C@@H]2CCNC2)CC1. The van der Waals surface area contributed by atoms with Crippen LogP contribution in [0.1, 0.15) is 26.2 Å². The zero-order chi connectivity index (χ0) is 8.60. The molecular weight excluding hydrogens is 152 g/mol. The molecule has 1 amide bonds. The number of rotatable bonds is 2. The zero-order valence-corrected chi connectivity index (χ0v) is 7.52. The third-order valence-corrected chi connectivity index (χ3v) is 2.86. The van der Waals surface area contributed by atoms with Crippen LogP contribution in [0.3, 0.4) is 0 Å². The van der Waals surface area contributed by atoms with Crippen LogP contribution in [-0.2, 0) is 4.79 Å². The van der Waals surface area contributed by atoms with E-state index >= 15 is 0 Å². The van der Waals surface area contributed by atoms with Crippen LogP contribution in [0.15, 0.2) is 0 Å². The van der Waals surface area contributed by atoms with Crippen LogP contribution in [0, 0.1) is 5.92 Å². The average molecular weight is 168 g/mol. The van der Waals surface area contributed by atoms with E-state index in [1.165, 1.54) is 0 Å². The molecule has 1 heterocycles. The van der Waals surface area contributed by atoms with E-state index in [0.717, 1.165) is 32.4 Å². The molecule has 1 aliphatic heterocycles. The predicted octanol–water partition coefficient (Wildman–Crippen LogP) is 0.265. The van der Waals surface area contributed by atoms with Crippen LogP contribution >= 0.6 is 0 Å². The highest BCUT2D eigenvalue weighted by atomic mass is 16.2. The molecule has 1 aliphatic carbocycles. The van der Waals surface area contributed by atoms with Crippen molar-refractivity contribution < 1.29 is 4.79 Å². The van der Waals surface area contributed by atoms with Crippen molar-refractivity contribution in [1.82, 2.24) is 10.6 Å². The van der Waals surface area contributed by atoms with Crippen molar-refractivity contribution in [2.45, 2.75) is 31.7 Å². The number of hydrogen-bond acceptors (Lipinski definition) is 2. The first-order chi connectivity index (χ1) is 5.70. The number of carbonyl (C=O) groups is 1. The van der Waals surface area contributed by atoms with Crippen molar-refractivity contribution in [3.05, 3.63) is 0 Å². The van der Waals surface area contributed by atoms with Gasteiger partial charge in [-0.3, -0.25) is 4.79 Å². The van der Waals surface area contributed by atoms with E-state index in [9.17, 15) is 4.79 Å². The van der Waals surface area contributed by atoms with E-state index < -0.39 is 0 Å². The minimum atomic E-state index is 0.152. The summed E-state index contributed by atoms with van der Waals surface area (Å²) in [5, 5.41) is 6.29. The molecule has 0 radical (unpaired) electrons. The Bertz CT molecular complexity index is 193. The molecule has 2 rings (SSSR count). The standard InChI is InChI=1S/C9H16N2O/c1-9(3-4-9)11-8(12)7-2-5-10-6-7/h7,10H,2-6H2,1H3,(H,11,12)/t7-/m1/s1. The van der Waals surface area contributed by atoms with Gasteiger partial charge in [0.05, 0.1) is 5.92 Å². The lowest BCUT2D eigenvalue weighted by Gasteiger charge is -2.14. The van der Waals surface area contributed by atoms with Crippen LogP contribution < -0.4 is 10.6 Å². The van der Waals surface area contributed by atoms with Crippen LogP contribution in [0.25, 0.3) is 0 Å². The minimum Gasteiger partial charge on any atom is -0.351 e. The van der Waals surface area contributed by atoms with Gasteiger partial charge in [0.25, 0.3) is 0 Å². The Morgan fingerprint density at radius 3 is 2.83 bits per heavy atom. The third-order valence-electron chi connectivity index (χ3n) is 2.86. The van der Waals surface area contributed by atoms with Crippen molar-refractivity contribution in [2.24, 2.45) is 5.92 Å². The first-order valence-corrected chi connectivity index (χ1v) is 4.72. The lowest BCUT2D eigenvalue weighted by atomic mass is 10.1. The lowest BCUT2D eigenvalue weighted by Crippen LogP contribution is -2.39. The summed E-state index contributed by atoms with van der Waals surface area (Å²) in [5.74, 6) is 0.474. The molecular formula is C9H16N2O. The van der Waals surface area contributed by atoms with Gasteiger partial charge in [-0.1, -0.05) is 0 Å². The molecule has 3 heteroatoms. The smallest absolute Gasteiger partial charge is 0.224 e. The molecule has 1 saturated carbocycles. The summed E-state index contributed by atoms with van der Waals surface area (Å²) >= 11 is 0. The molecule has 0 aromatic heterocycles. The van der Waals surface area contributed by atoms with Crippen LogP contribution in [0.2, 0.25) is 0 Å². The number of amides is 1. The van der Waals surface area contributed by atoms with Gasteiger partial charge in [0, 0.05) is 12.1 Å². The second-order valence-corrected chi connectivity index (χ2v) is 4.24. The molecule has 2 N–H and O–H groups in total. The van der Waals surface area contributed by atoms with Gasteiger partial charge in [0.2, 0.25) is 5.91 Å². The van der Waals surface area contributed by atoms with Gasteiger partial charge in [-0.05, 0) is 32.7 Å². The molecule has 3 nitrogen and oxygen atoms in total. The summed E-state index contributed by atoms with van der Waals surface area (Å²) in [5.41, 5.74) is 0.152. The maximum absolute atomic E-state index is 11.5. The summed E-state index contributed by atoms with van der Waals surface area (Å²) in [6.45, 7) is 3.98. The molecule has 0 bridgehead atoms. The second-order valence-electron chi connectivity index (χ2n) is 4.24. The summed E-state index contributed by atoms with van der Waals surface area (Å²) in [7, 11) is 0. The van der Waals surface area contributed by atoms with Gasteiger partial charge >= 0.3 is 0 Å². The lowest BCUT2D eigenvalue weighted by molar-refractivity contribution is -0.125. The Kier molecular flexibility index (Phi) is 1.83. The van der Waals surface area contributed by atoms with Crippen molar-refractivity contribution in [3.8, 4) is 0 Å². The maximum atomic E-state index is 11.5. The molecule has 12 heavy (non-hydrogen) atoms. The van der Waals surface area contributed by atoms with E-state index in [0.29, 0.717) is 0 Å². The van der Waals surface area contributed by atoms with Gasteiger partial charge < -0.3 is 10.6 Å². The highest BCUT2D eigenvalue weighted by molar-refractivity contribution is 5.80. The molecule has 68 valence electrons. The Morgan fingerprint density at radius 1 is 1.58 bits per heavy atom. The van der Waals surface area contributed by atoms with Gasteiger partial charge in [0.1, 0.15) is 0 Å². The average Bonchev–Trinajstić information content (AvgIpc) is 2.55. The topological polar surface area (TPSA) is 41.1 Å². The van der Waals surface area contributed by atoms with E-state index in [-0.39, 0.29) is 17.4 Å². The minimum absolute atomic E-state index is 0.152. The molecule has 1 saturated heterocycles. The van der Waals surface area contributed by atoms with Gasteiger partial charge in [-0.25, -0.2) is 0 Å². The first-order valence-electron chi connectivity index (χ1n) is 4.72. The number of nitrogens with one attached hydrogen (secondary N) is 2. The first kappa shape index (κ1) is 8.05. The Morgan fingerprint density at radius 2 is 2.33 bits per heavy atom. The fraction of sp³-hybridized carbons (Fsp3) is 0.889. The highest BCUT2D eigenvalue weighted by Crippen LogP contribution is 2.34. The zero-order valence-electron chi connectivity index (χ0n) is 7.52. The van der Waals surface area contributed by atoms with Gasteiger partial charge in [0.15, 0.2) is 0 Å². The van der Waals surface area contributed by atoms with E-state index in [4.69, 9.17) is 0 Å². The van der Waals surface area contributed by atoms with E-state index in [1.54, 1.807) is 0 Å². The van der Waals surface area contributed by atoms with E-state index in [1.807, 2.05) is 0 Å². The largest absolute Gasteiger partial charge is 0.351 e. The maximum Gasteiger partial charge on any atom is 0.224 e. The Hall–Kier alpha value is -0.570. The second kappa shape index (κ2) is 2.73. The fourth-order valence-electron chi connectivity index (χ4n) is 1.59. The summed E-state index contributed by atoms with van der Waals surface area (Å²) < 4.78 is 0.